The van der Waals surface area contributed by atoms with Crippen molar-refractivity contribution in [3.63, 3.8) is 0 Å². The number of esters is 2. The molecule has 264 valence electrons. The second-order valence-electron chi connectivity index (χ2n) is 10.6. The molecule has 51 heavy (non-hydrogen) atoms. The standard InChI is InChI=1S/2C15H14F2NO2.2C5H5.Ti/c2*1-4-20-15(19)12-7-9(2)18(10(12)3)14-6-5-11(16)8-13(14)17;2*1-2-4-5-3-1;/h2*5-7H,4H2,1-3H3;2*1-5H;/q4*-1;+4. The average molecular weight is 735 g/mol. The van der Waals surface area contributed by atoms with E-state index in [0.717, 1.165) is 12.1 Å². The van der Waals surface area contributed by atoms with Crippen LogP contribution < -0.4 is 0 Å². The quantitative estimate of drug-likeness (QED) is 0.0741. The molecule has 0 unspecified atom stereocenters. The first-order chi connectivity index (χ1) is 23.9. The van der Waals surface area contributed by atoms with Crippen LogP contribution in [0.2, 0.25) is 0 Å². The number of hydrogen-bond acceptors (Lipinski definition) is 4. The maximum atomic E-state index is 13.8. The molecular weight excluding hydrogens is 696 g/mol. The predicted octanol–water partition coefficient (Wildman–Crippen LogP) is 9.51. The van der Waals surface area contributed by atoms with Crippen molar-refractivity contribution >= 4 is 11.9 Å². The van der Waals surface area contributed by atoms with Gasteiger partial charge in [0.2, 0.25) is 0 Å². The van der Waals surface area contributed by atoms with E-state index in [1.54, 1.807) is 53.7 Å². The number of aryl methyl sites for hydroxylation is 2. The Morgan fingerprint density at radius 2 is 0.961 bits per heavy atom. The van der Waals surface area contributed by atoms with Crippen LogP contribution in [0.25, 0.3) is 11.4 Å². The zero-order valence-electron chi connectivity index (χ0n) is 29.2. The van der Waals surface area contributed by atoms with Gasteiger partial charge in [0.1, 0.15) is 0 Å². The summed E-state index contributed by atoms with van der Waals surface area (Å²) in [6.07, 6.45) is 0. The summed E-state index contributed by atoms with van der Waals surface area (Å²) in [4.78, 5) is 23.6. The fraction of sp³-hybridized carbons (Fsp3) is 0.200. The number of rotatable bonds is 6. The van der Waals surface area contributed by atoms with Crippen LogP contribution in [0.4, 0.5) is 17.6 Å². The molecule has 0 bridgehead atoms. The zero-order valence-corrected chi connectivity index (χ0v) is 30.8. The van der Waals surface area contributed by atoms with E-state index in [0.29, 0.717) is 33.9 Å². The van der Waals surface area contributed by atoms with E-state index >= 15 is 0 Å². The fourth-order valence-electron chi connectivity index (χ4n) is 4.96. The summed E-state index contributed by atoms with van der Waals surface area (Å²) >= 11 is 0. The fourth-order valence-corrected chi connectivity index (χ4v) is 4.96. The summed E-state index contributed by atoms with van der Waals surface area (Å²) in [7, 11) is 0. The zero-order chi connectivity index (χ0) is 36.8. The van der Waals surface area contributed by atoms with Crippen molar-refractivity contribution in [1.82, 2.24) is 9.13 Å². The summed E-state index contributed by atoms with van der Waals surface area (Å²) in [5.41, 5.74) is 3.43. The van der Waals surface area contributed by atoms with Crippen LogP contribution in [-0.4, -0.2) is 34.3 Å². The Bertz CT molecular complexity index is 1790. The monoisotopic (exact) mass is 734 g/mol. The van der Waals surface area contributed by atoms with Crippen LogP contribution in [0.5, 0.6) is 0 Å². The molecule has 2 heterocycles. The Morgan fingerprint density at radius 1 is 0.627 bits per heavy atom. The maximum Gasteiger partial charge on any atom is 4.00 e. The van der Waals surface area contributed by atoms with Crippen molar-refractivity contribution in [1.29, 1.82) is 0 Å². The SMILES string of the molecule is CCOC(=O)c1cc(C)n(-c2ccc(F)[c-]c2F)c1C.CCOC(=O)c1cc(C)n(-c2ccc(F)[c-]c2F)c1C.[Ti+4].c1cc[cH-]c1.c1cc[cH-]c1. The van der Waals surface area contributed by atoms with Crippen molar-refractivity contribution < 1.29 is 58.3 Å². The molecule has 6 aromatic rings. The van der Waals surface area contributed by atoms with E-state index in [9.17, 15) is 27.2 Å². The molecule has 0 N–H and O–H groups in total. The average Bonchev–Trinajstić information content (AvgIpc) is 3.91. The molecule has 0 spiro atoms. The Morgan fingerprint density at radius 3 is 1.22 bits per heavy atom. The third-order valence-electron chi connectivity index (χ3n) is 7.13. The molecule has 0 radical (unpaired) electrons. The minimum Gasteiger partial charge on any atom is -0.462 e. The van der Waals surface area contributed by atoms with Crippen LogP contribution in [-0.2, 0) is 31.2 Å². The molecule has 0 aliphatic carbocycles. The molecule has 11 heteroatoms. The Labute approximate surface area is 310 Å². The van der Waals surface area contributed by atoms with Crippen LogP contribution in [0.3, 0.4) is 0 Å². The Hall–Kier alpha value is -4.93. The van der Waals surface area contributed by atoms with Crippen LogP contribution in [0, 0.1) is 63.1 Å². The summed E-state index contributed by atoms with van der Waals surface area (Å²) in [5.74, 6) is -4.06. The van der Waals surface area contributed by atoms with E-state index in [1.165, 1.54) is 21.3 Å². The third-order valence-corrected chi connectivity index (χ3v) is 7.13. The molecule has 6 nitrogen and oxygen atoms in total. The first-order valence-electron chi connectivity index (χ1n) is 15.7. The van der Waals surface area contributed by atoms with Crippen LogP contribution in [0.15, 0.2) is 97.1 Å². The molecule has 0 saturated carbocycles. The van der Waals surface area contributed by atoms with Crippen molar-refractivity contribution in [2.24, 2.45) is 0 Å². The third kappa shape index (κ3) is 11.6. The molecule has 2 aromatic heterocycles. The number of ether oxygens (including phenoxy) is 2. The van der Waals surface area contributed by atoms with E-state index in [-0.39, 0.29) is 46.3 Å². The van der Waals surface area contributed by atoms with Gasteiger partial charge in [0.05, 0.1) is 24.3 Å². The first kappa shape index (κ1) is 42.2. The summed E-state index contributed by atoms with van der Waals surface area (Å²) in [5, 5.41) is 0. The van der Waals surface area contributed by atoms with Gasteiger partial charge in [0, 0.05) is 46.0 Å². The number of carbonyl (C=O) groups is 2. The summed E-state index contributed by atoms with van der Waals surface area (Å²) < 4.78 is 66.5. The summed E-state index contributed by atoms with van der Waals surface area (Å²) in [6, 6.07) is 32.1. The molecule has 0 aliphatic rings. The van der Waals surface area contributed by atoms with Gasteiger partial charge in [0.15, 0.2) is 0 Å². The minimum atomic E-state index is -0.804. The van der Waals surface area contributed by atoms with Gasteiger partial charge in [-0.3, -0.25) is 0 Å². The van der Waals surface area contributed by atoms with Gasteiger partial charge in [-0.1, -0.05) is 0 Å². The van der Waals surface area contributed by atoms with Gasteiger partial charge in [-0.05, 0) is 65.0 Å². The van der Waals surface area contributed by atoms with E-state index in [1.807, 2.05) is 72.8 Å². The summed E-state index contributed by atoms with van der Waals surface area (Å²) in [6.45, 7) is 10.8. The number of nitrogens with zero attached hydrogens (tertiary/aromatic N) is 2. The molecule has 0 amide bonds. The second kappa shape index (κ2) is 20.7. The van der Waals surface area contributed by atoms with E-state index < -0.39 is 35.2 Å². The number of halogens is 4. The van der Waals surface area contributed by atoms with E-state index in [2.05, 4.69) is 0 Å². The Kier molecular flexibility index (Phi) is 17.1. The molecule has 4 aromatic carbocycles. The minimum absolute atomic E-state index is 0. The number of aromatic nitrogens is 2. The van der Waals surface area contributed by atoms with Crippen molar-refractivity contribution in [3.8, 4) is 11.4 Å². The molecule has 6 rings (SSSR count). The smallest absolute Gasteiger partial charge is 0.462 e. The largest absolute Gasteiger partial charge is 4.00 e. The Balaban J connectivity index is 0.000000273. The van der Waals surface area contributed by atoms with Gasteiger partial charge in [-0.2, -0.15) is 36.4 Å². The maximum absolute atomic E-state index is 13.8. The molecular formula is C40H38F4N2O4Ti. The van der Waals surface area contributed by atoms with Crippen molar-refractivity contribution in [2.45, 2.75) is 41.5 Å². The van der Waals surface area contributed by atoms with Crippen molar-refractivity contribution in [2.75, 3.05) is 13.2 Å². The predicted molar refractivity (Wildman–Crippen MR) is 184 cm³/mol. The normalized spacial score (nSPS) is 9.92. The number of benzene rings is 2. The van der Waals surface area contributed by atoms with Gasteiger partial charge >= 0.3 is 33.7 Å². The topological polar surface area (TPSA) is 62.5 Å². The second-order valence-corrected chi connectivity index (χ2v) is 10.6. The van der Waals surface area contributed by atoms with E-state index in [4.69, 9.17) is 9.47 Å². The van der Waals surface area contributed by atoms with Gasteiger partial charge in [-0.15, -0.1) is 36.4 Å². The van der Waals surface area contributed by atoms with Crippen LogP contribution >= 0.6 is 0 Å². The van der Waals surface area contributed by atoms with Gasteiger partial charge < -0.3 is 18.6 Å². The van der Waals surface area contributed by atoms with Gasteiger partial charge in [-0.25, -0.2) is 51.4 Å². The molecule has 0 atom stereocenters. The molecule has 0 aliphatic heterocycles. The molecule has 0 fully saturated rings. The number of hydrogen-bond donors (Lipinski definition) is 0. The van der Waals surface area contributed by atoms with Crippen molar-refractivity contribution in [3.05, 3.63) is 166 Å². The first-order valence-corrected chi connectivity index (χ1v) is 15.7. The molecule has 0 saturated heterocycles. The van der Waals surface area contributed by atoms with Crippen LogP contribution in [0.1, 0.15) is 57.3 Å². The van der Waals surface area contributed by atoms with Gasteiger partial charge in [0.25, 0.3) is 0 Å². The number of carbonyl (C=O) groups excluding carboxylic acids is 2.